The summed E-state index contributed by atoms with van der Waals surface area (Å²) in [6.45, 7) is 5.96. The van der Waals surface area contributed by atoms with E-state index in [0.717, 1.165) is 30.6 Å². The predicted octanol–water partition coefficient (Wildman–Crippen LogP) is 5.58. The van der Waals surface area contributed by atoms with E-state index in [-0.39, 0.29) is 17.2 Å². The van der Waals surface area contributed by atoms with E-state index in [9.17, 15) is 19.5 Å². The van der Waals surface area contributed by atoms with E-state index in [4.69, 9.17) is 9.52 Å². The number of Topliss-reactive ketones (excluding diaryl/α,β-unsaturated/α-hetero) is 1. The van der Waals surface area contributed by atoms with Crippen molar-refractivity contribution in [3.05, 3.63) is 55.3 Å². The summed E-state index contributed by atoms with van der Waals surface area (Å²) in [4.78, 5) is 37.9. The summed E-state index contributed by atoms with van der Waals surface area (Å²) in [7, 11) is 0. The van der Waals surface area contributed by atoms with Gasteiger partial charge in [0.15, 0.2) is 5.78 Å². The predicted molar refractivity (Wildman–Crippen MR) is 126 cm³/mol. The van der Waals surface area contributed by atoms with Gasteiger partial charge in [0.1, 0.15) is 17.1 Å². The van der Waals surface area contributed by atoms with E-state index in [0.29, 0.717) is 30.7 Å². The van der Waals surface area contributed by atoms with Crippen LogP contribution in [-0.2, 0) is 6.42 Å². The molecule has 0 saturated heterocycles. The van der Waals surface area contributed by atoms with Crippen molar-refractivity contribution in [2.75, 3.05) is 6.54 Å². The second-order valence-corrected chi connectivity index (χ2v) is 9.09. The van der Waals surface area contributed by atoms with E-state index >= 15 is 0 Å². The quantitative estimate of drug-likeness (QED) is 0.216. The smallest absolute Gasteiger partial charge is 0.404 e. The van der Waals surface area contributed by atoms with Gasteiger partial charge in [-0.25, -0.2) is 9.59 Å². The SMILES string of the molecule is CCCCc1ccc(/C=C(\C)C(=O)c2c(O)cc(C(C)CCCCNC(=O)O)oc2=O)s1. The lowest BCUT2D eigenvalue weighted by Crippen LogP contribution is -2.21. The van der Waals surface area contributed by atoms with Crippen LogP contribution in [0.25, 0.3) is 6.08 Å². The molecule has 1 unspecified atom stereocenters. The van der Waals surface area contributed by atoms with Crippen molar-refractivity contribution in [1.82, 2.24) is 5.32 Å². The zero-order valence-corrected chi connectivity index (χ0v) is 19.6. The number of rotatable bonds is 12. The molecule has 0 bridgehead atoms. The van der Waals surface area contributed by atoms with Gasteiger partial charge in [-0.15, -0.1) is 11.3 Å². The standard InChI is InChI=1S/C24H31NO6S/c1-4-5-9-17-10-11-18(32-17)13-16(3)22(27)21-19(26)14-20(31-23(21)28)15(2)8-6-7-12-25-24(29)30/h10-11,13-15,25-26H,4-9,12H2,1-3H3,(H,29,30)/b16-13+. The van der Waals surface area contributed by atoms with Crippen molar-refractivity contribution in [2.24, 2.45) is 0 Å². The number of amides is 1. The fraction of sp³-hybridized carbons (Fsp3) is 0.458. The lowest BCUT2D eigenvalue weighted by atomic mass is 9.99. The molecule has 0 aliphatic heterocycles. The summed E-state index contributed by atoms with van der Waals surface area (Å²) in [6, 6.07) is 5.32. The van der Waals surface area contributed by atoms with Crippen LogP contribution in [0.1, 0.15) is 84.7 Å². The molecular formula is C24H31NO6S. The Morgan fingerprint density at radius 3 is 2.66 bits per heavy atom. The van der Waals surface area contributed by atoms with Crippen LogP contribution in [0, 0.1) is 0 Å². The second-order valence-electron chi connectivity index (χ2n) is 7.89. The van der Waals surface area contributed by atoms with Gasteiger partial charge in [0.25, 0.3) is 0 Å². The molecule has 2 aromatic heterocycles. The molecule has 1 atom stereocenters. The number of unbranched alkanes of at least 4 members (excludes halogenated alkanes) is 2. The normalized spacial score (nSPS) is 12.5. The Kier molecular flexibility index (Phi) is 9.71. The highest BCUT2D eigenvalue weighted by molar-refractivity contribution is 7.12. The third kappa shape index (κ3) is 7.37. The Labute approximate surface area is 191 Å². The van der Waals surface area contributed by atoms with Crippen molar-refractivity contribution in [3.8, 4) is 5.75 Å². The Morgan fingerprint density at radius 2 is 2.00 bits per heavy atom. The van der Waals surface area contributed by atoms with Crippen LogP contribution in [-0.4, -0.2) is 28.6 Å². The Balaban J connectivity index is 2.08. The van der Waals surface area contributed by atoms with Gasteiger partial charge in [-0.05, 0) is 56.4 Å². The Morgan fingerprint density at radius 1 is 1.25 bits per heavy atom. The molecule has 0 aliphatic rings. The van der Waals surface area contributed by atoms with E-state index in [1.165, 1.54) is 10.9 Å². The summed E-state index contributed by atoms with van der Waals surface area (Å²) < 4.78 is 5.35. The highest BCUT2D eigenvalue weighted by Gasteiger charge is 2.22. The van der Waals surface area contributed by atoms with Crippen LogP contribution in [0.5, 0.6) is 5.75 Å². The number of carbonyl (C=O) groups excluding carboxylic acids is 1. The van der Waals surface area contributed by atoms with Crippen LogP contribution >= 0.6 is 11.3 Å². The lowest BCUT2D eigenvalue weighted by molar-refractivity contribution is 0.102. The third-order valence-electron chi connectivity index (χ3n) is 5.18. The van der Waals surface area contributed by atoms with E-state index in [1.54, 1.807) is 24.3 Å². The number of aromatic hydroxyl groups is 1. The minimum atomic E-state index is -1.06. The molecule has 7 nitrogen and oxygen atoms in total. The molecule has 8 heteroatoms. The fourth-order valence-corrected chi connectivity index (χ4v) is 4.35. The summed E-state index contributed by atoms with van der Waals surface area (Å²) in [6.07, 6.45) is 5.91. The Bertz CT molecular complexity index is 1020. The molecule has 0 spiro atoms. The number of thiophene rings is 1. The number of aryl methyl sites for hydroxylation is 1. The largest absolute Gasteiger partial charge is 0.507 e. The fourth-order valence-electron chi connectivity index (χ4n) is 3.30. The number of nitrogens with one attached hydrogen (secondary N) is 1. The maximum absolute atomic E-state index is 12.8. The first-order chi connectivity index (χ1) is 15.2. The zero-order chi connectivity index (χ0) is 23.7. The van der Waals surface area contributed by atoms with E-state index in [1.807, 2.05) is 19.1 Å². The molecule has 1 amide bonds. The first-order valence-electron chi connectivity index (χ1n) is 10.9. The van der Waals surface area contributed by atoms with E-state index in [2.05, 4.69) is 12.2 Å². The van der Waals surface area contributed by atoms with Gasteiger partial charge in [-0.1, -0.05) is 26.7 Å². The number of carbonyl (C=O) groups is 2. The first kappa shape index (κ1) is 25.4. The van der Waals surface area contributed by atoms with Crippen molar-refractivity contribution in [2.45, 2.75) is 65.2 Å². The molecule has 2 aromatic rings. The summed E-state index contributed by atoms with van der Waals surface area (Å²) >= 11 is 1.61. The molecule has 32 heavy (non-hydrogen) atoms. The number of carboxylic acid groups (broad SMARTS) is 1. The van der Waals surface area contributed by atoms with Crippen molar-refractivity contribution in [1.29, 1.82) is 0 Å². The minimum absolute atomic E-state index is 0.160. The van der Waals surface area contributed by atoms with Gasteiger partial charge >= 0.3 is 11.7 Å². The zero-order valence-electron chi connectivity index (χ0n) is 18.8. The van der Waals surface area contributed by atoms with Gasteiger partial charge in [0.2, 0.25) is 0 Å². The summed E-state index contributed by atoms with van der Waals surface area (Å²) in [5, 5.41) is 21.3. The second kappa shape index (κ2) is 12.2. The molecule has 174 valence electrons. The molecule has 0 aliphatic carbocycles. The Hall–Kier alpha value is -2.87. The maximum Gasteiger partial charge on any atom is 0.404 e. The number of hydrogen-bond acceptors (Lipinski definition) is 6. The van der Waals surface area contributed by atoms with Crippen LogP contribution in [0.15, 0.2) is 33.0 Å². The van der Waals surface area contributed by atoms with Crippen molar-refractivity contribution in [3.63, 3.8) is 0 Å². The molecule has 0 saturated carbocycles. The van der Waals surface area contributed by atoms with Crippen molar-refractivity contribution < 1.29 is 24.2 Å². The maximum atomic E-state index is 12.8. The molecule has 3 N–H and O–H groups in total. The molecule has 2 heterocycles. The van der Waals surface area contributed by atoms with Crippen LogP contribution < -0.4 is 10.9 Å². The van der Waals surface area contributed by atoms with E-state index < -0.39 is 17.5 Å². The molecule has 0 radical (unpaired) electrons. The highest BCUT2D eigenvalue weighted by Crippen LogP contribution is 2.27. The third-order valence-corrected chi connectivity index (χ3v) is 6.27. The minimum Gasteiger partial charge on any atom is -0.507 e. The van der Waals surface area contributed by atoms with Crippen LogP contribution in [0.2, 0.25) is 0 Å². The molecule has 0 aromatic carbocycles. The highest BCUT2D eigenvalue weighted by atomic mass is 32.1. The molecule has 2 rings (SSSR count). The van der Waals surface area contributed by atoms with Crippen LogP contribution in [0.3, 0.4) is 0 Å². The monoisotopic (exact) mass is 461 g/mol. The first-order valence-corrected chi connectivity index (χ1v) is 11.7. The van der Waals surface area contributed by atoms with Crippen molar-refractivity contribution >= 4 is 29.3 Å². The topological polar surface area (TPSA) is 117 Å². The van der Waals surface area contributed by atoms with Gasteiger partial charge in [0, 0.05) is 28.3 Å². The van der Waals surface area contributed by atoms with Gasteiger partial charge < -0.3 is 19.9 Å². The number of allylic oxidation sites excluding steroid dienone is 1. The molecule has 0 fully saturated rings. The average Bonchev–Trinajstić information content (AvgIpc) is 3.18. The van der Waals surface area contributed by atoms with Gasteiger partial charge in [0.05, 0.1) is 0 Å². The summed E-state index contributed by atoms with van der Waals surface area (Å²) in [5.74, 6) is -0.801. The van der Waals surface area contributed by atoms with Crippen LogP contribution in [0.4, 0.5) is 4.79 Å². The molecular weight excluding hydrogens is 430 g/mol. The van der Waals surface area contributed by atoms with Gasteiger partial charge in [-0.3, -0.25) is 4.79 Å². The van der Waals surface area contributed by atoms with Gasteiger partial charge in [-0.2, -0.15) is 0 Å². The number of ketones is 1. The lowest BCUT2D eigenvalue weighted by Gasteiger charge is -2.12. The summed E-state index contributed by atoms with van der Waals surface area (Å²) in [5.41, 5.74) is -0.863. The average molecular weight is 462 g/mol. The number of hydrogen-bond donors (Lipinski definition) is 3.